The number of amides is 1. The third kappa shape index (κ3) is 4.11. The molecule has 3 rings (SSSR count). The molecule has 4 nitrogen and oxygen atoms in total. The van der Waals surface area contributed by atoms with Crippen molar-refractivity contribution < 1.29 is 13.9 Å². The van der Waals surface area contributed by atoms with Crippen LogP contribution in [-0.2, 0) is 11.3 Å². The number of anilines is 1. The topological polar surface area (TPSA) is 41.6 Å². The average Bonchev–Trinajstić information content (AvgIpc) is 3.05. The molecule has 2 aromatic carbocycles. The standard InChI is InChI=1S/C19H20ClFN2O2/c1-25-18-9-8-14(20)11-16(18)22-19(24)17-7-4-10-23(17)12-13-5-2-3-6-15(13)21/h2-3,5-6,8-9,11,17H,4,7,10,12H2,1H3,(H,22,24). The molecule has 6 heteroatoms. The number of benzene rings is 2. The molecule has 0 aliphatic carbocycles. The Morgan fingerprint density at radius 3 is 2.92 bits per heavy atom. The molecule has 1 aliphatic rings. The number of methoxy groups -OCH3 is 1. The van der Waals surface area contributed by atoms with Crippen LogP contribution in [0.15, 0.2) is 42.5 Å². The summed E-state index contributed by atoms with van der Waals surface area (Å²) >= 11 is 6.01. The van der Waals surface area contributed by atoms with Crippen molar-refractivity contribution >= 4 is 23.2 Å². The minimum atomic E-state index is -0.303. The molecule has 25 heavy (non-hydrogen) atoms. The highest BCUT2D eigenvalue weighted by atomic mass is 35.5. The number of carbonyl (C=O) groups is 1. The van der Waals surface area contributed by atoms with E-state index in [1.807, 2.05) is 4.90 Å². The second-order valence-electron chi connectivity index (χ2n) is 6.05. The van der Waals surface area contributed by atoms with Crippen molar-refractivity contribution in [3.63, 3.8) is 0 Å². The van der Waals surface area contributed by atoms with Gasteiger partial charge in [0.15, 0.2) is 0 Å². The third-order valence-corrected chi connectivity index (χ3v) is 4.65. The molecule has 0 bridgehead atoms. The SMILES string of the molecule is COc1ccc(Cl)cc1NC(=O)C1CCCN1Cc1ccccc1F. The molecule has 0 saturated carbocycles. The van der Waals surface area contributed by atoms with Crippen LogP contribution >= 0.6 is 11.6 Å². The van der Waals surface area contributed by atoms with Gasteiger partial charge in [-0.2, -0.15) is 0 Å². The lowest BCUT2D eigenvalue weighted by Gasteiger charge is -2.24. The first-order chi connectivity index (χ1) is 12.1. The Morgan fingerprint density at radius 1 is 1.36 bits per heavy atom. The summed E-state index contributed by atoms with van der Waals surface area (Å²) < 4.78 is 19.2. The predicted molar refractivity (Wildman–Crippen MR) is 96.5 cm³/mol. The fourth-order valence-electron chi connectivity index (χ4n) is 3.15. The Kier molecular flexibility index (Phi) is 5.56. The fraction of sp³-hybridized carbons (Fsp3) is 0.316. The first-order valence-electron chi connectivity index (χ1n) is 8.20. The molecule has 1 saturated heterocycles. The number of nitrogens with one attached hydrogen (secondary N) is 1. The first-order valence-corrected chi connectivity index (χ1v) is 8.58. The van der Waals surface area contributed by atoms with Gasteiger partial charge < -0.3 is 10.1 Å². The number of halogens is 2. The normalized spacial score (nSPS) is 17.5. The van der Waals surface area contributed by atoms with E-state index in [4.69, 9.17) is 16.3 Å². The number of rotatable bonds is 5. The van der Waals surface area contributed by atoms with E-state index >= 15 is 0 Å². The van der Waals surface area contributed by atoms with E-state index in [1.165, 1.54) is 6.07 Å². The maximum Gasteiger partial charge on any atom is 0.241 e. The van der Waals surface area contributed by atoms with E-state index in [0.29, 0.717) is 28.6 Å². The van der Waals surface area contributed by atoms with Crippen LogP contribution in [0.3, 0.4) is 0 Å². The number of hydrogen-bond donors (Lipinski definition) is 1. The van der Waals surface area contributed by atoms with E-state index in [-0.39, 0.29) is 17.8 Å². The van der Waals surface area contributed by atoms with Gasteiger partial charge in [-0.15, -0.1) is 0 Å². The maximum atomic E-state index is 13.9. The number of carbonyl (C=O) groups excluding carboxylic acids is 1. The van der Waals surface area contributed by atoms with Gasteiger partial charge in [-0.05, 0) is 43.7 Å². The van der Waals surface area contributed by atoms with Gasteiger partial charge in [0, 0.05) is 17.1 Å². The molecule has 1 amide bonds. The summed E-state index contributed by atoms with van der Waals surface area (Å²) in [7, 11) is 1.54. The minimum absolute atomic E-state index is 0.130. The molecule has 1 atom stereocenters. The van der Waals surface area contributed by atoms with E-state index in [2.05, 4.69) is 5.32 Å². The zero-order valence-electron chi connectivity index (χ0n) is 14.0. The van der Waals surface area contributed by atoms with Crippen LogP contribution in [0.4, 0.5) is 10.1 Å². The smallest absolute Gasteiger partial charge is 0.241 e. The van der Waals surface area contributed by atoms with Gasteiger partial charge in [0.1, 0.15) is 11.6 Å². The number of ether oxygens (including phenoxy) is 1. The lowest BCUT2D eigenvalue weighted by Crippen LogP contribution is -2.39. The molecule has 2 aromatic rings. The molecule has 0 radical (unpaired) electrons. The molecule has 132 valence electrons. The molecule has 1 fully saturated rings. The van der Waals surface area contributed by atoms with E-state index < -0.39 is 0 Å². The summed E-state index contributed by atoms with van der Waals surface area (Å²) in [6, 6.07) is 11.4. The molecule has 1 heterocycles. The maximum absolute atomic E-state index is 13.9. The zero-order valence-corrected chi connectivity index (χ0v) is 14.7. The summed E-state index contributed by atoms with van der Waals surface area (Å²) in [5.74, 6) is 0.177. The van der Waals surface area contributed by atoms with Gasteiger partial charge in [0.25, 0.3) is 0 Å². The van der Waals surface area contributed by atoms with E-state index in [9.17, 15) is 9.18 Å². The van der Waals surface area contributed by atoms with Gasteiger partial charge in [0.2, 0.25) is 5.91 Å². The largest absolute Gasteiger partial charge is 0.495 e. The highest BCUT2D eigenvalue weighted by molar-refractivity contribution is 6.31. The Morgan fingerprint density at radius 2 is 2.16 bits per heavy atom. The third-order valence-electron chi connectivity index (χ3n) is 4.42. The van der Waals surface area contributed by atoms with Crippen molar-refractivity contribution in [1.82, 2.24) is 4.90 Å². The van der Waals surface area contributed by atoms with Gasteiger partial charge in [-0.1, -0.05) is 29.8 Å². The van der Waals surface area contributed by atoms with Crippen LogP contribution in [0.5, 0.6) is 5.75 Å². The second-order valence-corrected chi connectivity index (χ2v) is 6.49. The number of nitrogens with zero attached hydrogens (tertiary/aromatic N) is 1. The summed E-state index contributed by atoms with van der Waals surface area (Å²) in [6.07, 6.45) is 1.64. The Balaban J connectivity index is 1.73. The minimum Gasteiger partial charge on any atom is -0.495 e. The predicted octanol–water partition coefficient (Wildman–Crippen LogP) is 4.09. The van der Waals surface area contributed by atoms with Crippen molar-refractivity contribution in [1.29, 1.82) is 0 Å². The molecule has 1 unspecified atom stereocenters. The van der Waals surface area contributed by atoms with E-state index in [1.54, 1.807) is 43.5 Å². The fourth-order valence-corrected chi connectivity index (χ4v) is 3.32. The lowest BCUT2D eigenvalue weighted by molar-refractivity contribution is -0.120. The number of hydrogen-bond acceptors (Lipinski definition) is 3. The van der Waals surface area contributed by atoms with Crippen molar-refractivity contribution in [2.45, 2.75) is 25.4 Å². The van der Waals surface area contributed by atoms with Gasteiger partial charge >= 0.3 is 0 Å². The second kappa shape index (κ2) is 7.85. The van der Waals surface area contributed by atoms with Crippen LogP contribution in [0.1, 0.15) is 18.4 Å². The zero-order chi connectivity index (χ0) is 17.8. The summed E-state index contributed by atoms with van der Waals surface area (Å²) in [6.45, 7) is 1.18. The molecular weight excluding hydrogens is 343 g/mol. The number of likely N-dealkylation sites (tertiary alicyclic amines) is 1. The summed E-state index contributed by atoms with van der Waals surface area (Å²) in [5, 5.41) is 3.41. The van der Waals surface area contributed by atoms with E-state index in [0.717, 1.165) is 19.4 Å². The van der Waals surface area contributed by atoms with Crippen LogP contribution in [-0.4, -0.2) is 30.5 Å². The van der Waals surface area contributed by atoms with Crippen LogP contribution in [0.25, 0.3) is 0 Å². The summed E-state index contributed by atoms with van der Waals surface area (Å²) in [4.78, 5) is 14.7. The Bertz CT molecular complexity index is 769. The quantitative estimate of drug-likeness (QED) is 0.871. The van der Waals surface area contributed by atoms with Crippen molar-refractivity contribution in [2.24, 2.45) is 0 Å². The highest BCUT2D eigenvalue weighted by Gasteiger charge is 2.31. The monoisotopic (exact) mass is 362 g/mol. The Labute approximate surface area is 151 Å². The first kappa shape index (κ1) is 17.7. The molecule has 1 N–H and O–H groups in total. The summed E-state index contributed by atoms with van der Waals surface area (Å²) in [5.41, 5.74) is 1.14. The lowest BCUT2D eigenvalue weighted by atomic mass is 10.1. The van der Waals surface area contributed by atoms with Crippen LogP contribution in [0, 0.1) is 5.82 Å². The molecule has 1 aliphatic heterocycles. The van der Waals surface area contributed by atoms with Crippen molar-refractivity contribution in [2.75, 3.05) is 19.0 Å². The van der Waals surface area contributed by atoms with Gasteiger partial charge in [-0.25, -0.2) is 4.39 Å². The van der Waals surface area contributed by atoms with Crippen LogP contribution in [0.2, 0.25) is 5.02 Å². The molecular formula is C19H20ClFN2O2. The van der Waals surface area contributed by atoms with Crippen LogP contribution < -0.4 is 10.1 Å². The molecule has 0 spiro atoms. The average molecular weight is 363 g/mol. The highest BCUT2D eigenvalue weighted by Crippen LogP contribution is 2.29. The van der Waals surface area contributed by atoms with Crippen molar-refractivity contribution in [3.05, 3.63) is 58.9 Å². The van der Waals surface area contributed by atoms with Crippen molar-refractivity contribution in [3.8, 4) is 5.75 Å². The molecule has 0 aromatic heterocycles. The van der Waals surface area contributed by atoms with Gasteiger partial charge in [0.05, 0.1) is 18.8 Å². The van der Waals surface area contributed by atoms with Gasteiger partial charge in [-0.3, -0.25) is 9.69 Å². The Hall–Kier alpha value is -2.11.